The van der Waals surface area contributed by atoms with Gasteiger partial charge >= 0.3 is 12.3 Å². The van der Waals surface area contributed by atoms with Crippen molar-refractivity contribution in [1.29, 1.82) is 0 Å². The monoisotopic (exact) mass is 280 g/mol. The summed E-state index contributed by atoms with van der Waals surface area (Å²) in [7, 11) is 1.63. The molecule has 0 bridgehead atoms. The maximum absolute atomic E-state index is 12.9. The van der Waals surface area contributed by atoms with Crippen molar-refractivity contribution in [3.8, 4) is 0 Å². The van der Waals surface area contributed by atoms with Gasteiger partial charge in [0, 0.05) is 12.6 Å². The molecule has 0 spiro atoms. The summed E-state index contributed by atoms with van der Waals surface area (Å²) in [4.78, 5) is 7.79. The minimum Gasteiger partial charge on any atom is -0.373 e. The second-order valence-electron chi connectivity index (χ2n) is 4.30. The fraction of sp³-hybridized carbons (Fsp3) is 0.636. The van der Waals surface area contributed by atoms with Crippen molar-refractivity contribution < 1.29 is 17.6 Å². The number of anilines is 2. The van der Waals surface area contributed by atoms with Crippen LogP contribution in [0.1, 0.15) is 25.3 Å². The van der Waals surface area contributed by atoms with Gasteiger partial charge in [-0.05, 0) is 5.92 Å². The van der Waals surface area contributed by atoms with Crippen molar-refractivity contribution in [2.45, 2.75) is 32.1 Å². The molecular formula is C11H16F4N4. The Balaban J connectivity index is 2.96. The van der Waals surface area contributed by atoms with Crippen LogP contribution in [0, 0.1) is 0 Å². The van der Waals surface area contributed by atoms with E-state index < -0.39 is 18.9 Å². The Bertz CT molecular complexity index is 423. The van der Waals surface area contributed by atoms with E-state index in [1.54, 1.807) is 7.05 Å². The predicted octanol–water partition coefficient (Wildman–Crippen LogP) is 2.95. The molecule has 0 aliphatic carbocycles. The van der Waals surface area contributed by atoms with Crippen LogP contribution in [-0.4, -0.2) is 35.9 Å². The lowest BCUT2D eigenvalue weighted by Gasteiger charge is -2.20. The fourth-order valence-corrected chi connectivity index (χ4v) is 1.56. The fourth-order valence-electron chi connectivity index (χ4n) is 1.56. The number of hydrogen-bond acceptors (Lipinski definition) is 4. The van der Waals surface area contributed by atoms with E-state index in [1.807, 2.05) is 13.8 Å². The number of aromatic nitrogens is 2. The summed E-state index contributed by atoms with van der Waals surface area (Å²) in [5.41, 5.74) is 0.579. The standard InChI is InChI=1S/C11H16F4N4/c1-6(2)7-8(16-3)18-5-19-9(7)17-4-11(14,15)10(12)13/h5-6,10H,4H2,1-3H3,(H2,16,17,18,19). The zero-order valence-corrected chi connectivity index (χ0v) is 10.8. The van der Waals surface area contributed by atoms with Crippen molar-refractivity contribution in [1.82, 2.24) is 9.97 Å². The molecule has 1 rings (SSSR count). The number of halogens is 4. The van der Waals surface area contributed by atoms with E-state index >= 15 is 0 Å². The van der Waals surface area contributed by atoms with Crippen LogP contribution in [0.2, 0.25) is 0 Å². The number of nitrogens with one attached hydrogen (secondary N) is 2. The lowest BCUT2D eigenvalue weighted by atomic mass is 10.0. The average Bonchev–Trinajstić information content (AvgIpc) is 2.35. The minimum absolute atomic E-state index is 0.0497. The third-order valence-corrected chi connectivity index (χ3v) is 2.51. The van der Waals surface area contributed by atoms with Gasteiger partial charge in [-0.25, -0.2) is 18.7 Å². The Labute approximate surface area is 108 Å². The first kappa shape index (κ1) is 15.5. The summed E-state index contributed by atoms with van der Waals surface area (Å²) in [5.74, 6) is -3.53. The molecule has 108 valence electrons. The van der Waals surface area contributed by atoms with E-state index in [1.165, 1.54) is 6.33 Å². The third-order valence-electron chi connectivity index (χ3n) is 2.51. The average molecular weight is 280 g/mol. The second-order valence-corrected chi connectivity index (χ2v) is 4.30. The van der Waals surface area contributed by atoms with Gasteiger partial charge in [0.15, 0.2) is 0 Å². The zero-order valence-electron chi connectivity index (χ0n) is 10.8. The Hall–Kier alpha value is -1.60. The number of nitrogens with zero attached hydrogens (tertiary/aromatic N) is 2. The van der Waals surface area contributed by atoms with Gasteiger partial charge in [0.25, 0.3) is 0 Å². The molecule has 1 aromatic heterocycles. The lowest BCUT2D eigenvalue weighted by Crippen LogP contribution is -2.35. The normalized spacial score (nSPS) is 12.1. The van der Waals surface area contributed by atoms with Crippen molar-refractivity contribution in [3.63, 3.8) is 0 Å². The maximum Gasteiger partial charge on any atom is 0.324 e. The predicted molar refractivity (Wildman–Crippen MR) is 65.1 cm³/mol. The molecule has 2 N–H and O–H groups in total. The van der Waals surface area contributed by atoms with Crippen LogP contribution in [-0.2, 0) is 0 Å². The molecule has 0 saturated carbocycles. The van der Waals surface area contributed by atoms with Gasteiger partial charge in [0.05, 0.1) is 6.54 Å². The summed E-state index contributed by atoms with van der Waals surface area (Å²) >= 11 is 0. The van der Waals surface area contributed by atoms with Crippen molar-refractivity contribution in [2.75, 3.05) is 24.2 Å². The van der Waals surface area contributed by atoms with Crippen LogP contribution < -0.4 is 10.6 Å². The van der Waals surface area contributed by atoms with Crippen LogP contribution in [0.25, 0.3) is 0 Å². The van der Waals surface area contributed by atoms with Gasteiger partial charge in [-0.15, -0.1) is 0 Å². The number of rotatable bonds is 6. The molecule has 0 saturated heterocycles. The third kappa shape index (κ3) is 3.68. The molecule has 8 heteroatoms. The molecule has 0 aliphatic heterocycles. The summed E-state index contributed by atoms with van der Waals surface area (Å²) in [6.07, 6.45) is -2.53. The largest absolute Gasteiger partial charge is 0.373 e. The summed E-state index contributed by atoms with van der Waals surface area (Å²) in [5, 5.41) is 5.08. The molecule has 0 aromatic carbocycles. The summed E-state index contributed by atoms with van der Waals surface area (Å²) in [6.45, 7) is 2.48. The highest BCUT2D eigenvalue weighted by molar-refractivity contribution is 5.58. The highest BCUT2D eigenvalue weighted by atomic mass is 19.3. The Morgan fingerprint density at radius 3 is 2.26 bits per heavy atom. The van der Waals surface area contributed by atoms with E-state index in [9.17, 15) is 17.6 Å². The second kappa shape index (κ2) is 6.03. The number of hydrogen-bond donors (Lipinski definition) is 2. The van der Waals surface area contributed by atoms with E-state index in [-0.39, 0.29) is 11.7 Å². The summed E-state index contributed by atoms with van der Waals surface area (Å²) in [6, 6.07) is 0. The van der Waals surface area contributed by atoms with Crippen molar-refractivity contribution >= 4 is 11.6 Å². The molecule has 0 atom stereocenters. The van der Waals surface area contributed by atoms with Crippen molar-refractivity contribution in [3.05, 3.63) is 11.9 Å². The summed E-state index contributed by atoms with van der Waals surface area (Å²) < 4.78 is 49.9. The van der Waals surface area contributed by atoms with Crippen LogP contribution in [0.15, 0.2) is 6.33 Å². The Kier molecular flexibility index (Phi) is 4.90. The minimum atomic E-state index is -4.10. The molecule has 4 nitrogen and oxygen atoms in total. The molecule has 0 aliphatic rings. The SMILES string of the molecule is CNc1ncnc(NCC(F)(F)C(F)F)c1C(C)C. The molecule has 0 unspecified atom stereocenters. The highest BCUT2D eigenvalue weighted by Crippen LogP contribution is 2.29. The first-order valence-electron chi connectivity index (χ1n) is 5.72. The first-order chi connectivity index (χ1) is 8.79. The first-order valence-corrected chi connectivity index (χ1v) is 5.72. The highest BCUT2D eigenvalue weighted by Gasteiger charge is 2.40. The molecule has 1 heterocycles. The van der Waals surface area contributed by atoms with Gasteiger partial charge in [0.2, 0.25) is 0 Å². The Morgan fingerprint density at radius 1 is 1.21 bits per heavy atom. The van der Waals surface area contributed by atoms with E-state index in [4.69, 9.17) is 0 Å². The quantitative estimate of drug-likeness (QED) is 0.787. The van der Waals surface area contributed by atoms with Crippen LogP contribution in [0.3, 0.4) is 0 Å². The van der Waals surface area contributed by atoms with E-state index in [0.29, 0.717) is 11.4 Å². The van der Waals surface area contributed by atoms with Gasteiger partial charge in [0.1, 0.15) is 18.0 Å². The number of alkyl halides is 4. The zero-order chi connectivity index (χ0) is 14.6. The molecule has 0 amide bonds. The smallest absolute Gasteiger partial charge is 0.324 e. The van der Waals surface area contributed by atoms with Gasteiger partial charge in [-0.1, -0.05) is 13.8 Å². The topological polar surface area (TPSA) is 49.8 Å². The van der Waals surface area contributed by atoms with Crippen molar-refractivity contribution in [2.24, 2.45) is 0 Å². The lowest BCUT2D eigenvalue weighted by molar-refractivity contribution is -0.117. The molecular weight excluding hydrogens is 264 g/mol. The van der Waals surface area contributed by atoms with Crippen LogP contribution in [0.4, 0.5) is 29.2 Å². The molecule has 1 aromatic rings. The Morgan fingerprint density at radius 2 is 1.79 bits per heavy atom. The van der Waals surface area contributed by atoms with Crippen LogP contribution >= 0.6 is 0 Å². The van der Waals surface area contributed by atoms with E-state index in [0.717, 1.165) is 0 Å². The van der Waals surface area contributed by atoms with Gasteiger partial charge in [-0.3, -0.25) is 0 Å². The molecule has 0 radical (unpaired) electrons. The van der Waals surface area contributed by atoms with Crippen LogP contribution in [0.5, 0.6) is 0 Å². The van der Waals surface area contributed by atoms with Gasteiger partial charge < -0.3 is 10.6 Å². The molecule has 0 fully saturated rings. The van der Waals surface area contributed by atoms with Gasteiger partial charge in [-0.2, -0.15) is 8.78 Å². The maximum atomic E-state index is 12.9. The van der Waals surface area contributed by atoms with E-state index in [2.05, 4.69) is 20.6 Å². The molecule has 19 heavy (non-hydrogen) atoms.